The molecule has 0 saturated carbocycles. The number of ether oxygens (including phenoxy) is 1. The van der Waals surface area contributed by atoms with E-state index in [0.29, 0.717) is 5.01 Å². The number of carbonyl (C=O) groups is 2. The second-order valence-corrected chi connectivity index (χ2v) is 2.17. The summed E-state index contributed by atoms with van der Waals surface area (Å²) in [6.45, 7) is 3.34. The molecule has 70 valence electrons. The third-order valence-corrected chi connectivity index (χ3v) is 1.30. The van der Waals surface area contributed by atoms with E-state index in [1.165, 1.54) is 6.92 Å². The van der Waals surface area contributed by atoms with Gasteiger partial charge in [0.1, 0.15) is 6.04 Å². The number of amides is 2. The van der Waals surface area contributed by atoms with Crippen LogP contribution in [0.4, 0.5) is 4.79 Å². The summed E-state index contributed by atoms with van der Waals surface area (Å²) < 4.78 is 4.61. The zero-order valence-corrected chi connectivity index (χ0v) is 7.11. The summed E-state index contributed by atoms with van der Waals surface area (Å²) >= 11 is 0. The van der Waals surface area contributed by atoms with Gasteiger partial charge in [0, 0.05) is 0 Å². The fourth-order valence-corrected chi connectivity index (χ4v) is 0.567. The molecule has 0 aromatic rings. The molecular weight excluding hydrogens is 162 g/mol. The smallest absolute Gasteiger partial charge is 0.330 e. The Labute approximate surface area is 70.4 Å². The van der Waals surface area contributed by atoms with Crippen LogP contribution < -0.4 is 11.6 Å². The molecule has 0 aliphatic heterocycles. The molecule has 0 aliphatic carbocycles. The van der Waals surface area contributed by atoms with Crippen molar-refractivity contribution in [3.05, 3.63) is 0 Å². The Morgan fingerprint density at radius 3 is 2.42 bits per heavy atom. The molecule has 0 spiro atoms. The third kappa shape index (κ3) is 2.75. The van der Waals surface area contributed by atoms with E-state index in [1.807, 2.05) is 0 Å². The molecule has 0 heterocycles. The van der Waals surface area contributed by atoms with Gasteiger partial charge in [-0.25, -0.2) is 20.4 Å². The molecule has 0 aromatic heterocycles. The van der Waals surface area contributed by atoms with Crippen molar-refractivity contribution in [3.63, 3.8) is 0 Å². The number of primary amides is 1. The highest BCUT2D eigenvalue weighted by atomic mass is 16.5. The van der Waals surface area contributed by atoms with Crippen molar-refractivity contribution in [2.75, 3.05) is 6.61 Å². The second-order valence-electron chi connectivity index (χ2n) is 2.17. The Kier molecular flexibility index (Phi) is 4.06. The average molecular weight is 175 g/mol. The van der Waals surface area contributed by atoms with Crippen LogP contribution in [0.5, 0.6) is 0 Å². The fraction of sp³-hybridized carbons (Fsp3) is 0.667. The molecule has 2 amide bonds. The van der Waals surface area contributed by atoms with Gasteiger partial charge in [-0.15, -0.1) is 0 Å². The summed E-state index contributed by atoms with van der Waals surface area (Å²) in [5, 5.41) is 0.623. The number of nitrogens with zero attached hydrogens (tertiary/aromatic N) is 1. The number of hydrazine groups is 1. The Bertz CT molecular complexity index is 183. The highest BCUT2D eigenvalue weighted by Gasteiger charge is 2.22. The lowest BCUT2D eigenvalue weighted by Gasteiger charge is -2.19. The van der Waals surface area contributed by atoms with E-state index >= 15 is 0 Å². The lowest BCUT2D eigenvalue weighted by Crippen LogP contribution is -2.51. The lowest BCUT2D eigenvalue weighted by molar-refractivity contribution is -0.147. The molecule has 0 bridgehead atoms. The summed E-state index contributed by atoms with van der Waals surface area (Å²) in [5.41, 5.74) is 4.83. The normalized spacial score (nSPS) is 11.9. The maximum Gasteiger partial charge on any atom is 0.330 e. The van der Waals surface area contributed by atoms with Crippen molar-refractivity contribution in [3.8, 4) is 0 Å². The third-order valence-electron chi connectivity index (χ3n) is 1.30. The lowest BCUT2D eigenvalue weighted by atomic mass is 10.3. The van der Waals surface area contributed by atoms with Gasteiger partial charge in [-0.2, -0.15) is 0 Å². The van der Waals surface area contributed by atoms with Crippen molar-refractivity contribution in [2.45, 2.75) is 19.9 Å². The Morgan fingerprint density at radius 1 is 1.58 bits per heavy atom. The van der Waals surface area contributed by atoms with Gasteiger partial charge >= 0.3 is 12.0 Å². The molecule has 1 atom stereocenters. The SMILES string of the molecule is CCOC(=O)C(C)N(N)C(N)=O. The molecule has 6 nitrogen and oxygen atoms in total. The largest absolute Gasteiger partial charge is 0.464 e. The van der Waals surface area contributed by atoms with Crippen molar-refractivity contribution in [1.29, 1.82) is 0 Å². The van der Waals surface area contributed by atoms with E-state index in [-0.39, 0.29) is 6.61 Å². The van der Waals surface area contributed by atoms with Crippen LogP contribution in [0.2, 0.25) is 0 Å². The molecule has 6 heteroatoms. The monoisotopic (exact) mass is 175 g/mol. The number of urea groups is 1. The molecular formula is C6H13N3O3. The van der Waals surface area contributed by atoms with E-state index in [4.69, 9.17) is 11.6 Å². The molecule has 0 fully saturated rings. The van der Waals surface area contributed by atoms with E-state index in [2.05, 4.69) is 4.74 Å². The predicted molar refractivity (Wildman–Crippen MR) is 41.7 cm³/mol. The molecule has 4 N–H and O–H groups in total. The number of hydrogen-bond acceptors (Lipinski definition) is 4. The molecule has 0 rings (SSSR count). The van der Waals surface area contributed by atoms with Crippen molar-refractivity contribution < 1.29 is 14.3 Å². The van der Waals surface area contributed by atoms with Gasteiger partial charge < -0.3 is 10.5 Å². The van der Waals surface area contributed by atoms with Gasteiger partial charge in [0.2, 0.25) is 0 Å². The minimum absolute atomic E-state index is 0.246. The topological polar surface area (TPSA) is 98.7 Å². The van der Waals surface area contributed by atoms with Gasteiger partial charge in [-0.1, -0.05) is 0 Å². The Hall–Kier alpha value is -1.30. The first-order valence-electron chi connectivity index (χ1n) is 3.50. The van der Waals surface area contributed by atoms with Crippen LogP contribution in [0.15, 0.2) is 0 Å². The number of hydrogen-bond donors (Lipinski definition) is 2. The van der Waals surface area contributed by atoms with Crippen molar-refractivity contribution in [2.24, 2.45) is 11.6 Å². The Morgan fingerprint density at radius 2 is 2.08 bits per heavy atom. The van der Waals surface area contributed by atoms with Crippen LogP contribution in [0.1, 0.15) is 13.8 Å². The quantitative estimate of drug-likeness (QED) is 0.253. The molecule has 12 heavy (non-hydrogen) atoms. The summed E-state index contributed by atoms with van der Waals surface area (Å²) in [5.74, 6) is 4.58. The van der Waals surface area contributed by atoms with E-state index in [1.54, 1.807) is 6.92 Å². The first-order chi connectivity index (χ1) is 5.50. The Balaban J connectivity index is 4.09. The second kappa shape index (κ2) is 4.55. The van der Waals surface area contributed by atoms with Crippen LogP contribution in [0.3, 0.4) is 0 Å². The maximum absolute atomic E-state index is 10.9. The standard InChI is InChI=1S/C6H13N3O3/c1-3-12-5(10)4(2)9(8)6(7)11/h4H,3,8H2,1-2H3,(H2,7,11). The molecule has 0 aliphatic rings. The van der Waals surface area contributed by atoms with Crippen molar-refractivity contribution in [1.82, 2.24) is 5.01 Å². The van der Waals surface area contributed by atoms with Crippen LogP contribution in [0.25, 0.3) is 0 Å². The number of esters is 1. The summed E-state index contributed by atoms with van der Waals surface area (Å²) in [6, 6.07) is -1.71. The zero-order chi connectivity index (χ0) is 9.72. The van der Waals surface area contributed by atoms with Crippen LogP contribution >= 0.6 is 0 Å². The van der Waals surface area contributed by atoms with Gasteiger partial charge in [-0.05, 0) is 13.8 Å². The first-order valence-corrected chi connectivity index (χ1v) is 3.50. The van der Waals surface area contributed by atoms with Crippen LogP contribution in [-0.4, -0.2) is 29.7 Å². The van der Waals surface area contributed by atoms with E-state index in [0.717, 1.165) is 0 Å². The van der Waals surface area contributed by atoms with Gasteiger partial charge in [-0.3, -0.25) is 0 Å². The first kappa shape index (κ1) is 10.7. The molecule has 0 radical (unpaired) electrons. The number of nitrogens with two attached hydrogens (primary N) is 2. The highest BCUT2D eigenvalue weighted by Crippen LogP contribution is 1.95. The average Bonchev–Trinajstić information content (AvgIpc) is 2.02. The minimum Gasteiger partial charge on any atom is -0.464 e. The molecule has 1 unspecified atom stereocenters. The van der Waals surface area contributed by atoms with Gasteiger partial charge in [0.15, 0.2) is 0 Å². The summed E-state index contributed by atoms with van der Waals surface area (Å²) in [6.07, 6.45) is 0. The van der Waals surface area contributed by atoms with E-state index < -0.39 is 18.0 Å². The summed E-state index contributed by atoms with van der Waals surface area (Å²) in [4.78, 5) is 21.4. The van der Waals surface area contributed by atoms with Crippen LogP contribution in [-0.2, 0) is 9.53 Å². The van der Waals surface area contributed by atoms with Crippen molar-refractivity contribution >= 4 is 12.0 Å². The molecule has 0 aromatic carbocycles. The van der Waals surface area contributed by atoms with E-state index in [9.17, 15) is 9.59 Å². The zero-order valence-electron chi connectivity index (χ0n) is 7.11. The van der Waals surface area contributed by atoms with Crippen LogP contribution in [0, 0.1) is 0 Å². The number of carbonyl (C=O) groups excluding carboxylic acids is 2. The number of rotatable bonds is 3. The maximum atomic E-state index is 10.9. The summed E-state index contributed by atoms with van der Waals surface area (Å²) in [7, 11) is 0. The minimum atomic E-state index is -0.865. The van der Waals surface area contributed by atoms with Gasteiger partial charge in [0.25, 0.3) is 0 Å². The van der Waals surface area contributed by atoms with Gasteiger partial charge in [0.05, 0.1) is 6.61 Å². The predicted octanol–water partition coefficient (Wildman–Crippen LogP) is -0.808. The highest BCUT2D eigenvalue weighted by molar-refractivity contribution is 5.81. The fourth-order valence-electron chi connectivity index (χ4n) is 0.567. The molecule has 0 saturated heterocycles.